The summed E-state index contributed by atoms with van der Waals surface area (Å²) in [5, 5.41) is 6.16. The quantitative estimate of drug-likeness (QED) is 0.767. The number of nitrogens with zero attached hydrogens (tertiary/aromatic N) is 4. The van der Waals surface area contributed by atoms with Gasteiger partial charge in [-0.15, -0.1) is 0 Å². The Labute approximate surface area is 167 Å². The van der Waals surface area contributed by atoms with Crippen molar-refractivity contribution in [2.24, 2.45) is 5.92 Å². The van der Waals surface area contributed by atoms with Crippen molar-refractivity contribution in [2.75, 3.05) is 55.3 Å². The van der Waals surface area contributed by atoms with Gasteiger partial charge in [0.15, 0.2) is 0 Å². The molecule has 0 aliphatic carbocycles. The molecule has 1 amide bonds. The molecule has 2 heterocycles. The summed E-state index contributed by atoms with van der Waals surface area (Å²) < 4.78 is 0. The molecule has 28 heavy (non-hydrogen) atoms. The highest BCUT2D eigenvalue weighted by atomic mass is 16.1. The molecule has 0 radical (unpaired) electrons. The van der Waals surface area contributed by atoms with Crippen molar-refractivity contribution in [1.82, 2.24) is 14.9 Å². The topological polar surface area (TPSA) is 73.4 Å². The third-order valence-corrected chi connectivity index (χ3v) is 4.92. The second-order valence-corrected chi connectivity index (χ2v) is 7.69. The van der Waals surface area contributed by atoms with Crippen molar-refractivity contribution in [2.45, 2.75) is 20.3 Å². The first-order valence-corrected chi connectivity index (χ1v) is 9.92. The lowest BCUT2D eigenvalue weighted by atomic mass is 10.1. The molecule has 1 aromatic heterocycles. The average Bonchev–Trinajstić information content (AvgIpc) is 2.69. The fourth-order valence-corrected chi connectivity index (χ4v) is 3.08. The number of hydrogen-bond acceptors (Lipinski definition) is 6. The highest BCUT2D eigenvalue weighted by molar-refractivity contribution is 6.03. The van der Waals surface area contributed by atoms with Gasteiger partial charge in [-0.25, -0.2) is 9.97 Å². The number of piperazine rings is 1. The fraction of sp³-hybridized carbons (Fsp3) is 0.476. The van der Waals surface area contributed by atoms with E-state index in [1.165, 1.54) is 12.0 Å². The molecule has 1 aliphatic heterocycles. The van der Waals surface area contributed by atoms with E-state index in [4.69, 9.17) is 0 Å². The van der Waals surface area contributed by atoms with Gasteiger partial charge in [0, 0.05) is 50.2 Å². The molecule has 0 atom stereocenters. The molecule has 3 rings (SSSR count). The molecule has 1 saturated heterocycles. The van der Waals surface area contributed by atoms with Gasteiger partial charge in [-0.2, -0.15) is 0 Å². The molecule has 0 bridgehead atoms. The van der Waals surface area contributed by atoms with Crippen LogP contribution in [0.4, 0.5) is 17.2 Å². The number of nitrogens with one attached hydrogen (secondary N) is 2. The number of aromatic nitrogens is 2. The van der Waals surface area contributed by atoms with Crippen molar-refractivity contribution < 1.29 is 4.79 Å². The van der Waals surface area contributed by atoms with E-state index >= 15 is 0 Å². The largest absolute Gasteiger partial charge is 0.370 e. The SMILES string of the molecule is CC(C)CCNc1cc(C(=O)Nc2ccc(N3CCN(C)CC3)cc2)ncn1. The predicted molar refractivity (Wildman–Crippen MR) is 114 cm³/mol. The summed E-state index contributed by atoms with van der Waals surface area (Å²) in [7, 11) is 2.15. The van der Waals surface area contributed by atoms with E-state index in [1.807, 2.05) is 12.1 Å². The maximum atomic E-state index is 12.5. The van der Waals surface area contributed by atoms with E-state index in [0.717, 1.165) is 44.8 Å². The van der Waals surface area contributed by atoms with Gasteiger partial charge in [0.05, 0.1) is 0 Å². The number of hydrogen-bond donors (Lipinski definition) is 2. The Morgan fingerprint density at radius 3 is 2.50 bits per heavy atom. The molecule has 2 aromatic rings. The lowest BCUT2D eigenvalue weighted by Crippen LogP contribution is -2.44. The van der Waals surface area contributed by atoms with Crippen LogP contribution in [0.2, 0.25) is 0 Å². The summed E-state index contributed by atoms with van der Waals surface area (Å²) in [5.74, 6) is 1.05. The minimum atomic E-state index is -0.235. The van der Waals surface area contributed by atoms with Crippen LogP contribution in [0.15, 0.2) is 36.7 Å². The molecule has 1 aromatic carbocycles. The van der Waals surface area contributed by atoms with E-state index in [0.29, 0.717) is 17.4 Å². The molecular formula is C21H30N6O. The molecule has 0 saturated carbocycles. The van der Waals surface area contributed by atoms with Gasteiger partial charge in [0.2, 0.25) is 0 Å². The minimum absolute atomic E-state index is 0.235. The van der Waals surface area contributed by atoms with Crippen molar-refractivity contribution in [3.8, 4) is 0 Å². The molecule has 7 nitrogen and oxygen atoms in total. The van der Waals surface area contributed by atoms with Crippen LogP contribution < -0.4 is 15.5 Å². The van der Waals surface area contributed by atoms with E-state index in [2.05, 4.69) is 63.4 Å². The highest BCUT2D eigenvalue weighted by Crippen LogP contribution is 2.20. The Kier molecular flexibility index (Phi) is 6.81. The zero-order valence-corrected chi connectivity index (χ0v) is 17.0. The molecule has 150 valence electrons. The summed E-state index contributed by atoms with van der Waals surface area (Å²) in [6.07, 6.45) is 2.47. The summed E-state index contributed by atoms with van der Waals surface area (Å²) in [4.78, 5) is 25.5. The first-order valence-electron chi connectivity index (χ1n) is 9.92. The van der Waals surface area contributed by atoms with Gasteiger partial charge in [-0.05, 0) is 43.7 Å². The number of benzene rings is 1. The molecule has 7 heteroatoms. The Balaban J connectivity index is 1.57. The second-order valence-electron chi connectivity index (χ2n) is 7.69. The van der Waals surface area contributed by atoms with Crippen LogP contribution in [0.5, 0.6) is 0 Å². The third kappa shape index (κ3) is 5.66. The first kappa shape index (κ1) is 20.1. The van der Waals surface area contributed by atoms with Gasteiger partial charge >= 0.3 is 0 Å². The molecule has 0 spiro atoms. The van der Waals surface area contributed by atoms with Gasteiger partial charge in [-0.1, -0.05) is 13.8 Å². The van der Waals surface area contributed by atoms with Crippen molar-refractivity contribution >= 4 is 23.1 Å². The zero-order chi connectivity index (χ0) is 19.9. The minimum Gasteiger partial charge on any atom is -0.370 e. The van der Waals surface area contributed by atoms with Gasteiger partial charge in [-0.3, -0.25) is 4.79 Å². The first-order chi connectivity index (χ1) is 13.5. The number of likely N-dealkylation sites (N-methyl/N-ethyl adjacent to an activating group) is 1. The van der Waals surface area contributed by atoms with Crippen LogP contribution in [0.3, 0.4) is 0 Å². The summed E-state index contributed by atoms with van der Waals surface area (Å²) in [5.41, 5.74) is 2.30. The van der Waals surface area contributed by atoms with Crippen LogP contribution in [-0.2, 0) is 0 Å². The van der Waals surface area contributed by atoms with Crippen molar-refractivity contribution in [3.05, 3.63) is 42.4 Å². The lowest BCUT2D eigenvalue weighted by Gasteiger charge is -2.34. The number of amides is 1. The van der Waals surface area contributed by atoms with Gasteiger partial charge < -0.3 is 20.4 Å². The normalized spacial score (nSPS) is 14.9. The third-order valence-electron chi connectivity index (χ3n) is 4.92. The van der Waals surface area contributed by atoms with E-state index in [9.17, 15) is 4.79 Å². The summed E-state index contributed by atoms with van der Waals surface area (Å²) in [6, 6.07) is 9.68. The monoisotopic (exact) mass is 382 g/mol. The number of carbonyl (C=O) groups excluding carboxylic acids is 1. The number of anilines is 3. The molecule has 1 fully saturated rings. The van der Waals surface area contributed by atoms with E-state index in [1.54, 1.807) is 6.07 Å². The van der Waals surface area contributed by atoms with Crippen molar-refractivity contribution in [1.29, 1.82) is 0 Å². The van der Waals surface area contributed by atoms with Crippen LogP contribution in [0, 0.1) is 5.92 Å². The van der Waals surface area contributed by atoms with Crippen LogP contribution >= 0.6 is 0 Å². The van der Waals surface area contributed by atoms with Crippen LogP contribution in [0.1, 0.15) is 30.8 Å². The highest BCUT2D eigenvalue weighted by Gasteiger charge is 2.14. The maximum Gasteiger partial charge on any atom is 0.274 e. The lowest BCUT2D eigenvalue weighted by molar-refractivity contribution is 0.102. The fourth-order valence-electron chi connectivity index (χ4n) is 3.08. The van der Waals surface area contributed by atoms with Gasteiger partial charge in [0.25, 0.3) is 5.91 Å². The Morgan fingerprint density at radius 2 is 1.82 bits per heavy atom. The Hall–Kier alpha value is -2.67. The summed E-state index contributed by atoms with van der Waals surface area (Å²) in [6.45, 7) is 9.36. The second kappa shape index (κ2) is 9.50. The Morgan fingerprint density at radius 1 is 1.11 bits per heavy atom. The average molecular weight is 383 g/mol. The number of carbonyl (C=O) groups is 1. The van der Waals surface area contributed by atoms with Crippen LogP contribution in [-0.4, -0.2) is 60.5 Å². The van der Waals surface area contributed by atoms with E-state index < -0.39 is 0 Å². The van der Waals surface area contributed by atoms with E-state index in [-0.39, 0.29) is 5.91 Å². The molecule has 1 aliphatic rings. The zero-order valence-electron chi connectivity index (χ0n) is 17.0. The molecule has 0 unspecified atom stereocenters. The molecule has 2 N–H and O–H groups in total. The molecular weight excluding hydrogens is 352 g/mol. The van der Waals surface area contributed by atoms with Crippen molar-refractivity contribution in [3.63, 3.8) is 0 Å². The smallest absolute Gasteiger partial charge is 0.274 e. The standard InChI is InChI=1S/C21H30N6O/c1-16(2)8-9-22-20-14-19(23-15-24-20)21(28)25-17-4-6-18(7-5-17)27-12-10-26(3)11-13-27/h4-7,14-16H,8-13H2,1-3H3,(H,25,28)(H,22,23,24). The Bertz CT molecular complexity index is 769. The van der Waals surface area contributed by atoms with Gasteiger partial charge in [0.1, 0.15) is 17.8 Å². The van der Waals surface area contributed by atoms with Crippen LogP contribution in [0.25, 0.3) is 0 Å². The maximum absolute atomic E-state index is 12.5. The number of rotatable bonds is 7. The predicted octanol–water partition coefficient (Wildman–Crippen LogP) is 2.94. The summed E-state index contributed by atoms with van der Waals surface area (Å²) >= 11 is 0.